The summed E-state index contributed by atoms with van der Waals surface area (Å²) in [6.45, 7) is 0. The van der Waals surface area contributed by atoms with Crippen LogP contribution < -0.4 is 4.74 Å². The maximum Gasteiger partial charge on any atom is 0.121 e. The summed E-state index contributed by atoms with van der Waals surface area (Å²) in [5.41, 5.74) is 2.11. The van der Waals surface area contributed by atoms with E-state index in [1.807, 2.05) is 18.2 Å². The molecule has 0 aliphatic heterocycles. The Hall–Kier alpha value is -1.51. The first-order valence-corrected chi connectivity index (χ1v) is 5.38. The van der Waals surface area contributed by atoms with Gasteiger partial charge in [-0.05, 0) is 30.9 Å². The van der Waals surface area contributed by atoms with Crippen molar-refractivity contribution in [3.05, 3.63) is 24.0 Å². The van der Waals surface area contributed by atoms with E-state index in [4.69, 9.17) is 4.74 Å². The second kappa shape index (κ2) is 3.26. The van der Waals surface area contributed by atoms with Gasteiger partial charge in [0.1, 0.15) is 11.6 Å². The predicted molar refractivity (Wildman–Crippen MR) is 59.1 cm³/mol. The standard InChI is InChI=1S/C12H14N2O/c1-15-9-4-5-10-11(7-9)14-12(13-10)6-8-2-3-8/h4-5,7-8H,2-3,6H2,1H3,(H,13,14). The second-order valence-corrected chi connectivity index (χ2v) is 4.21. The Kier molecular flexibility index (Phi) is 1.91. The lowest BCUT2D eigenvalue weighted by Gasteiger charge is -1.96. The van der Waals surface area contributed by atoms with Gasteiger partial charge in [-0.2, -0.15) is 0 Å². The van der Waals surface area contributed by atoms with E-state index >= 15 is 0 Å². The second-order valence-electron chi connectivity index (χ2n) is 4.21. The van der Waals surface area contributed by atoms with E-state index in [1.54, 1.807) is 7.11 Å². The van der Waals surface area contributed by atoms with Crippen molar-refractivity contribution in [3.63, 3.8) is 0 Å². The van der Waals surface area contributed by atoms with Gasteiger partial charge < -0.3 is 9.72 Å². The summed E-state index contributed by atoms with van der Waals surface area (Å²) in [5, 5.41) is 0. The highest BCUT2D eigenvalue weighted by Crippen LogP contribution is 2.32. The number of hydrogen-bond acceptors (Lipinski definition) is 2. The summed E-state index contributed by atoms with van der Waals surface area (Å²) in [5.74, 6) is 2.86. The van der Waals surface area contributed by atoms with Crippen LogP contribution in [-0.2, 0) is 6.42 Å². The average molecular weight is 202 g/mol. The molecule has 1 heterocycles. The van der Waals surface area contributed by atoms with Gasteiger partial charge in [0, 0.05) is 12.5 Å². The van der Waals surface area contributed by atoms with Gasteiger partial charge in [0.05, 0.1) is 18.1 Å². The number of H-pyrrole nitrogens is 1. The minimum atomic E-state index is 0.868. The molecule has 3 nitrogen and oxygen atoms in total. The number of rotatable bonds is 3. The third-order valence-corrected chi connectivity index (χ3v) is 2.92. The molecule has 1 aliphatic rings. The third-order valence-electron chi connectivity index (χ3n) is 2.92. The number of nitrogens with one attached hydrogen (secondary N) is 1. The van der Waals surface area contributed by atoms with Crippen LogP contribution >= 0.6 is 0 Å². The fourth-order valence-corrected chi connectivity index (χ4v) is 1.86. The molecule has 1 fully saturated rings. The van der Waals surface area contributed by atoms with Crippen molar-refractivity contribution in [1.29, 1.82) is 0 Å². The Balaban J connectivity index is 1.97. The number of ether oxygens (including phenoxy) is 1. The van der Waals surface area contributed by atoms with Gasteiger partial charge in [-0.25, -0.2) is 4.98 Å². The van der Waals surface area contributed by atoms with Gasteiger partial charge in [-0.1, -0.05) is 0 Å². The lowest BCUT2D eigenvalue weighted by molar-refractivity contribution is 0.415. The first kappa shape index (κ1) is 8.77. The third kappa shape index (κ3) is 1.69. The van der Waals surface area contributed by atoms with Crippen LogP contribution in [0.2, 0.25) is 0 Å². The zero-order valence-electron chi connectivity index (χ0n) is 8.79. The Morgan fingerprint density at radius 1 is 1.47 bits per heavy atom. The lowest BCUT2D eigenvalue weighted by Crippen LogP contribution is -1.88. The minimum Gasteiger partial charge on any atom is -0.497 e. The van der Waals surface area contributed by atoms with E-state index in [0.717, 1.165) is 34.9 Å². The van der Waals surface area contributed by atoms with Gasteiger partial charge in [0.2, 0.25) is 0 Å². The molecule has 15 heavy (non-hydrogen) atoms. The molecule has 1 aliphatic carbocycles. The maximum atomic E-state index is 5.18. The fourth-order valence-electron chi connectivity index (χ4n) is 1.86. The number of benzene rings is 1. The SMILES string of the molecule is COc1ccc2nc(CC3CC3)[nH]c2c1. The Morgan fingerprint density at radius 2 is 2.33 bits per heavy atom. The topological polar surface area (TPSA) is 37.9 Å². The summed E-state index contributed by atoms with van der Waals surface area (Å²) in [6, 6.07) is 5.95. The summed E-state index contributed by atoms with van der Waals surface area (Å²) < 4.78 is 5.18. The van der Waals surface area contributed by atoms with Crippen LogP contribution in [0.25, 0.3) is 11.0 Å². The highest BCUT2D eigenvalue weighted by molar-refractivity contribution is 5.76. The monoisotopic (exact) mass is 202 g/mol. The number of fused-ring (bicyclic) bond motifs is 1. The number of aromatic nitrogens is 2. The fraction of sp³-hybridized carbons (Fsp3) is 0.417. The molecule has 3 heteroatoms. The summed E-state index contributed by atoms with van der Waals surface area (Å²) in [4.78, 5) is 7.91. The van der Waals surface area contributed by atoms with E-state index < -0.39 is 0 Å². The first-order chi connectivity index (χ1) is 7.35. The number of aromatic amines is 1. The molecule has 0 radical (unpaired) electrons. The van der Waals surface area contributed by atoms with Gasteiger partial charge in [0.25, 0.3) is 0 Å². The van der Waals surface area contributed by atoms with Crippen LogP contribution in [0.1, 0.15) is 18.7 Å². The first-order valence-electron chi connectivity index (χ1n) is 5.38. The largest absolute Gasteiger partial charge is 0.497 e. The molecule has 1 aromatic heterocycles. The molecule has 0 bridgehead atoms. The van der Waals surface area contributed by atoms with E-state index in [2.05, 4.69) is 9.97 Å². The molecule has 3 rings (SSSR count). The number of imidazole rings is 1. The van der Waals surface area contributed by atoms with Crippen molar-refractivity contribution < 1.29 is 4.74 Å². The average Bonchev–Trinajstić information content (AvgIpc) is 2.96. The zero-order chi connectivity index (χ0) is 10.3. The van der Waals surface area contributed by atoms with Crippen LogP contribution in [0, 0.1) is 5.92 Å². The van der Waals surface area contributed by atoms with Gasteiger partial charge in [-0.15, -0.1) is 0 Å². The Labute approximate surface area is 88.5 Å². The van der Waals surface area contributed by atoms with Crippen LogP contribution in [-0.4, -0.2) is 17.1 Å². The molecule has 0 unspecified atom stereocenters. The van der Waals surface area contributed by atoms with E-state index in [0.29, 0.717) is 0 Å². The van der Waals surface area contributed by atoms with Crippen molar-refractivity contribution in [3.8, 4) is 5.75 Å². The maximum absolute atomic E-state index is 5.18. The normalized spacial score (nSPS) is 15.8. The smallest absolute Gasteiger partial charge is 0.121 e. The van der Waals surface area contributed by atoms with Crippen molar-refractivity contribution in [2.75, 3.05) is 7.11 Å². The van der Waals surface area contributed by atoms with E-state index in [1.165, 1.54) is 12.8 Å². The summed E-state index contributed by atoms with van der Waals surface area (Å²) in [6.07, 6.45) is 3.82. The molecule has 0 amide bonds. The van der Waals surface area contributed by atoms with Crippen molar-refractivity contribution in [1.82, 2.24) is 9.97 Å². The molecule has 1 aromatic carbocycles. The van der Waals surface area contributed by atoms with Gasteiger partial charge >= 0.3 is 0 Å². The molecule has 0 spiro atoms. The van der Waals surface area contributed by atoms with E-state index in [-0.39, 0.29) is 0 Å². The van der Waals surface area contributed by atoms with Crippen LogP contribution in [0.15, 0.2) is 18.2 Å². The molecule has 1 saturated carbocycles. The lowest BCUT2D eigenvalue weighted by atomic mass is 10.3. The molecule has 0 atom stereocenters. The Morgan fingerprint density at radius 3 is 3.07 bits per heavy atom. The molecular weight excluding hydrogens is 188 g/mol. The van der Waals surface area contributed by atoms with Crippen molar-refractivity contribution >= 4 is 11.0 Å². The van der Waals surface area contributed by atoms with Gasteiger partial charge in [0.15, 0.2) is 0 Å². The van der Waals surface area contributed by atoms with Crippen molar-refractivity contribution in [2.24, 2.45) is 5.92 Å². The van der Waals surface area contributed by atoms with Crippen molar-refractivity contribution in [2.45, 2.75) is 19.3 Å². The molecule has 0 saturated heterocycles. The molecule has 2 aromatic rings. The highest BCUT2D eigenvalue weighted by Gasteiger charge is 2.22. The zero-order valence-corrected chi connectivity index (χ0v) is 8.79. The van der Waals surface area contributed by atoms with Gasteiger partial charge in [-0.3, -0.25) is 0 Å². The predicted octanol–water partition coefficient (Wildman–Crippen LogP) is 2.52. The number of nitrogens with zero attached hydrogens (tertiary/aromatic N) is 1. The summed E-state index contributed by atoms with van der Waals surface area (Å²) in [7, 11) is 1.68. The van der Waals surface area contributed by atoms with E-state index in [9.17, 15) is 0 Å². The van der Waals surface area contributed by atoms with Crippen LogP contribution in [0.5, 0.6) is 5.75 Å². The number of methoxy groups -OCH3 is 1. The molecular formula is C12H14N2O. The molecule has 1 N–H and O–H groups in total. The summed E-state index contributed by atoms with van der Waals surface area (Å²) >= 11 is 0. The number of hydrogen-bond donors (Lipinski definition) is 1. The molecule has 78 valence electrons. The van der Waals surface area contributed by atoms with Crippen LogP contribution in [0.3, 0.4) is 0 Å². The highest BCUT2D eigenvalue weighted by atomic mass is 16.5. The minimum absolute atomic E-state index is 0.868. The van der Waals surface area contributed by atoms with Crippen LogP contribution in [0.4, 0.5) is 0 Å². The Bertz CT molecular complexity index is 485. The quantitative estimate of drug-likeness (QED) is 0.830.